The zero-order chi connectivity index (χ0) is 26.3. The molecule has 190 valence electrons. The van der Waals surface area contributed by atoms with E-state index in [4.69, 9.17) is 4.98 Å². The van der Waals surface area contributed by atoms with Gasteiger partial charge >= 0.3 is 5.69 Å². The fourth-order valence-corrected chi connectivity index (χ4v) is 4.71. The number of likely N-dealkylation sites (tertiary alicyclic amines) is 1. The first-order chi connectivity index (χ1) is 17.7. The highest BCUT2D eigenvalue weighted by Crippen LogP contribution is 2.29. The van der Waals surface area contributed by atoms with E-state index in [1.54, 1.807) is 39.9 Å². The van der Waals surface area contributed by atoms with Crippen LogP contribution in [0.25, 0.3) is 33.2 Å². The van der Waals surface area contributed by atoms with Crippen molar-refractivity contribution in [2.75, 3.05) is 18.4 Å². The number of fused-ring (bicyclic) bond motifs is 3. The first kappa shape index (κ1) is 24.3. The van der Waals surface area contributed by atoms with Gasteiger partial charge in [-0.3, -0.25) is 28.9 Å². The smallest absolute Gasteiger partial charge is 0.329 e. The Bertz CT molecular complexity index is 1630. The fraction of sp³-hybridized carbons (Fsp3) is 0.320. The Morgan fingerprint density at radius 3 is 2.51 bits per heavy atom. The van der Waals surface area contributed by atoms with Gasteiger partial charge < -0.3 is 15.3 Å². The van der Waals surface area contributed by atoms with Crippen LogP contribution in [0.1, 0.15) is 32.7 Å². The Balaban J connectivity index is 1.61. The number of aliphatic hydroxyl groups is 1. The summed E-state index contributed by atoms with van der Waals surface area (Å²) in [5.41, 5.74) is 1.41. The highest BCUT2D eigenvalue weighted by molar-refractivity contribution is 6.01. The number of carbonyl (C=O) groups excluding carboxylic acids is 2. The van der Waals surface area contributed by atoms with Gasteiger partial charge in [0.15, 0.2) is 0 Å². The van der Waals surface area contributed by atoms with Gasteiger partial charge in [0, 0.05) is 44.0 Å². The lowest BCUT2D eigenvalue weighted by atomic mass is 10.0. The summed E-state index contributed by atoms with van der Waals surface area (Å²) in [5.74, 6) is -0.174. The van der Waals surface area contributed by atoms with Crippen molar-refractivity contribution in [3.05, 3.63) is 57.5 Å². The number of nitrogens with zero attached hydrogens (tertiary/aromatic N) is 5. The van der Waals surface area contributed by atoms with Gasteiger partial charge in [-0.15, -0.1) is 0 Å². The summed E-state index contributed by atoms with van der Waals surface area (Å²) in [6.45, 7) is 3.57. The van der Waals surface area contributed by atoms with E-state index in [0.29, 0.717) is 59.6 Å². The molecular formula is C25H25N7O5. The van der Waals surface area contributed by atoms with Crippen LogP contribution in [0.2, 0.25) is 0 Å². The fourth-order valence-electron chi connectivity index (χ4n) is 4.71. The normalized spacial score (nSPS) is 15.2. The van der Waals surface area contributed by atoms with Gasteiger partial charge in [-0.1, -0.05) is 0 Å². The molecule has 0 bridgehead atoms. The van der Waals surface area contributed by atoms with Crippen LogP contribution in [0.3, 0.4) is 0 Å². The largest absolute Gasteiger partial charge is 0.384 e. The van der Waals surface area contributed by atoms with Crippen molar-refractivity contribution < 1.29 is 14.7 Å². The monoisotopic (exact) mass is 503 g/mol. The molecule has 0 aliphatic carbocycles. The lowest BCUT2D eigenvalue weighted by molar-refractivity contribution is -0.140. The van der Waals surface area contributed by atoms with Gasteiger partial charge in [0.2, 0.25) is 5.91 Å². The minimum Gasteiger partial charge on any atom is -0.384 e. The number of nitrogens with one attached hydrogen (secondary N) is 2. The Kier molecular flexibility index (Phi) is 6.25. The minimum absolute atomic E-state index is 0.231. The number of rotatable bonds is 4. The Labute approximate surface area is 210 Å². The van der Waals surface area contributed by atoms with Gasteiger partial charge in [-0.25, -0.2) is 14.8 Å². The molecular weight excluding hydrogens is 478 g/mol. The van der Waals surface area contributed by atoms with Crippen molar-refractivity contribution in [3.8, 4) is 11.3 Å². The third kappa shape index (κ3) is 4.58. The van der Waals surface area contributed by atoms with Crippen LogP contribution in [0.4, 0.5) is 5.82 Å². The number of aromatic nitrogens is 5. The van der Waals surface area contributed by atoms with Gasteiger partial charge in [0.05, 0.1) is 22.1 Å². The molecule has 1 atom stereocenters. The highest BCUT2D eigenvalue weighted by Gasteiger charge is 2.28. The van der Waals surface area contributed by atoms with Crippen LogP contribution in [0, 0.1) is 0 Å². The average Bonchev–Trinajstić information content (AvgIpc) is 2.88. The van der Waals surface area contributed by atoms with E-state index >= 15 is 0 Å². The Morgan fingerprint density at radius 1 is 1.11 bits per heavy atom. The maximum atomic E-state index is 13.1. The summed E-state index contributed by atoms with van der Waals surface area (Å²) in [6, 6.07) is 6.66. The summed E-state index contributed by atoms with van der Waals surface area (Å²) in [7, 11) is 0. The minimum atomic E-state index is -1.09. The molecule has 3 N–H and O–H groups in total. The summed E-state index contributed by atoms with van der Waals surface area (Å²) in [5, 5.41) is 12.5. The van der Waals surface area contributed by atoms with Crippen molar-refractivity contribution >= 4 is 39.6 Å². The number of H-pyrrole nitrogens is 1. The standard InChI is InChI=1S/C25H25N7O5/c1-13(33)24(36)31-9-7-16(8-10-31)32-22-17(23(35)30-25(32)37)12-26-19-5-4-18(29-21(19)22)15-3-6-20(27-11-15)28-14(2)34/h3-6,11-13,16,33H,7-10H2,1-2H3,(H,27,28,34)(H,30,35,37)/t13-/m1/s1. The van der Waals surface area contributed by atoms with Crippen LogP contribution >= 0.6 is 0 Å². The number of piperidine rings is 1. The molecule has 0 unspecified atom stereocenters. The van der Waals surface area contributed by atoms with E-state index in [0.717, 1.165) is 0 Å². The zero-order valence-corrected chi connectivity index (χ0v) is 20.3. The molecule has 1 aliphatic heterocycles. The molecule has 1 aliphatic rings. The second-order valence-corrected chi connectivity index (χ2v) is 9.06. The molecule has 12 nitrogen and oxygen atoms in total. The average molecular weight is 504 g/mol. The van der Waals surface area contributed by atoms with E-state index in [1.165, 1.54) is 20.0 Å². The first-order valence-electron chi connectivity index (χ1n) is 11.9. The van der Waals surface area contributed by atoms with Crippen LogP contribution in [-0.4, -0.2) is 65.5 Å². The summed E-state index contributed by atoms with van der Waals surface area (Å²) in [6.07, 6.45) is 2.86. The van der Waals surface area contributed by atoms with Crippen LogP contribution < -0.4 is 16.6 Å². The van der Waals surface area contributed by atoms with Crippen LogP contribution in [-0.2, 0) is 9.59 Å². The number of carbonyl (C=O) groups is 2. The molecule has 5 rings (SSSR count). The molecule has 0 radical (unpaired) electrons. The quantitative estimate of drug-likeness (QED) is 0.350. The molecule has 2 amide bonds. The topological polar surface area (TPSA) is 163 Å². The molecule has 1 fully saturated rings. The SMILES string of the molecule is CC(=O)Nc1ccc(-c2ccc3ncc4c(=O)[nH]c(=O)n(C5CCN(C(=O)[C@@H](C)O)CC5)c4c3n2)cn1. The van der Waals surface area contributed by atoms with E-state index < -0.39 is 17.4 Å². The van der Waals surface area contributed by atoms with Gasteiger partial charge in [0.25, 0.3) is 11.5 Å². The molecule has 4 aromatic rings. The predicted molar refractivity (Wildman–Crippen MR) is 136 cm³/mol. The Morgan fingerprint density at radius 2 is 1.86 bits per heavy atom. The number of anilines is 1. The number of hydrogen-bond acceptors (Lipinski definition) is 8. The third-order valence-electron chi connectivity index (χ3n) is 6.47. The maximum absolute atomic E-state index is 13.1. The van der Waals surface area contributed by atoms with Crippen molar-refractivity contribution in [3.63, 3.8) is 0 Å². The van der Waals surface area contributed by atoms with E-state index in [-0.39, 0.29) is 23.2 Å². The first-order valence-corrected chi connectivity index (χ1v) is 11.9. The van der Waals surface area contributed by atoms with Gasteiger partial charge in [-0.05, 0) is 44.0 Å². The van der Waals surface area contributed by atoms with Crippen molar-refractivity contribution in [1.29, 1.82) is 0 Å². The Hall–Kier alpha value is -4.45. The summed E-state index contributed by atoms with van der Waals surface area (Å²) >= 11 is 0. The number of aromatic amines is 1. The predicted octanol–water partition coefficient (Wildman–Crippen LogP) is 1.20. The third-order valence-corrected chi connectivity index (χ3v) is 6.47. The molecule has 37 heavy (non-hydrogen) atoms. The summed E-state index contributed by atoms with van der Waals surface area (Å²) in [4.78, 5) is 66.6. The molecule has 5 heterocycles. The zero-order valence-electron chi connectivity index (χ0n) is 20.3. The molecule has 0 spiro atoms. The molecule has 1 saturated heterocycles. The molecule has 0 saturated carbocycles. The highest BCUT2D eigenvalue weighted by atomic mass is 16.3. The van der Waals surface area contributed by atoms with E-state index in [1.807, 2.05) is 0 Å². The number of pyridine rings is 3. The van der Waals surface area contributed by atoms with Crippen molar-refractivity contribution in [2.45, 2.75) is 38.8 Å². The maximum Gasteiger partial charge on any atom is 0.329 e. The molecule has 4 aromatic heterocycles. The summed E-state index contributed by atoms with van der Waals surface area (Å²) < 4.78 is 1.54. The second kappa shape index (κ2) is 9.54. The lowest BCUT2D eigenvalue weighted by Gasteiger charge is -2.34. The number of aliphatic hydroxyl groups excluding tert-OH is 1. The number of amides is 2. The van der Waals surface area contributed by atoms with Crippen LogP contribution in [0.15, 0.2) is 46.2 Å². The van der Waals surface area contributed by atoms with E-state index in [9.17, 15) is 24.3 Å². The van der Waals surface area contributed by atoms with Crippen LogP contribution in [0.5, 0.6) is 0 Å². The van der Waals surface area contributed by atoms with E-state index in [2.05, 4.69) is 20.3 Å². The molecule has 12 heteroatoms. The van der Waals surface area contributed by atoms with Gasteiger partial charge in [0.1, 0.15) is 17.4 Å². The second-order valence-electron chi connectivity index (χ2n) is 9.06. The van der Waals surface area contributed by atoms with Crippen molar-refractivity contribution in [1.82, 2.24) is 29.4 Å². The van der Waals surface area contributed by atoms with Crippen molar-refractivity contribution in [2.24, 2.45) is 0 Å². The number of hydrogen-bond donors (Lipinski definition) is 3. The molecule has 0 aromatic carbocycles. The van der Waals surface area contributed by atoms with Gasteiger partial charge in [-0.2, -0.15) is 0 Å². The lowest BCUT2D eigenvalue weighted by Crippen LogP contribution is -2.45.